The van der Waals surface area contributed by atoms with Crippen LogP contribution in [0.25, 0.3) is 10.9 Å². The molecule has 1 N–H and O–H groups in total. The molecule has 0 spiro atoms. The van der Waals surface area contributed by atoms with E-state index < -0.39 is 24.7 Å². The summed E-state index contributed by atoms with van der Waals surface area (Å²) in [6, 6.07) is 2.87. The highest BCUT2D eigenvalue weighted by atomic mass is 19.3. The zero-order valence-corrected chi connectivity index (χ0v) is 15.3. The molecule has 3 aromatic rings. The molecule has 1 fully saturated rings. The average molecular weight is 405 g/mol. The van der Waals surface area contributed by atoms with Crippen molar-refractivity contribution in [2.75, 3.05) is 11.9 Å². The molecule has 1 aliphatic rings. The van der Waals surface area contributed by atoms with Crippen molar-refractivity contribution < 1.29 is 22.7 Å². The van der Waals surface area contributed by atoms with Crippen LogP contribution < -0.4 is 10.1 Å². The van der Waals surface area contributed by atoms with Gasteiger partial charge in [0.1, 0.15) is 5.82 Å². The number of alkyl halides is 2. The minimum Gasteiger partial charge on any atom is -0.470 e. The van der Waals surface area contributed by atoms with E-state index in [-0.39, 0.29) is 12.5 Å². The number of ether oxygens (including phenoxy) is 1. The molecular formula is C19H18F3N5O2. The number of anilines is 1. The SMILES string of the molecule is O=C(CC1CC1)Nc1nccc2nn(Cc3cnc(OCC(F)F)c(F)c3)cc12. The molecule has 3 aromatic heterocycles. The molecule has 0 atom stereocenters. The van der Waals surface area contributed by atoms with Crippen LogP contribution in [0, 0.1) is 11.7 Å². The summed E-state index contributed by atoms with van der Waals surface area (Å²) in [6.07, 6.45) is 4.54. The zero-order valence-electron chi connectivity index (χ0n) is 15.3. The van der Waals surface area contributed by atoms with Crippen LogP contribution >= 0.6 is 0 Å². The van der Waals surface area contributed by atoms with Crippen LogP contribution in [0.1, 0.15) is 24.8 Å². The fraction of sp³-hybridized carbons (Fsp3) is 0.368. The number of carbonyl (C=O) groups excluding carboxylic acids is 1. The molecule has 0 saturated heterocycles. The van der Waals surface area contributed by atoms with E-state index in [4.69, 9.17) is 0 Å². The molecule has 0 unspecified atom stereocenters. The van der Waals surface area contributed by atoms with Gasteiger partial charge in [0.15, 0.2) is 12.4 Å². The average Bonchev–Trinajstić information content (AvgIpc) is 3.37. The number of nitrogens with zero attached hydrogens (tertiary/aromatic N) is 4. The van der Waals surface area contributed by atoms with Crippen LogP contribution in [0.4, 0.5) is 19.0 Å². The molecule has 1 aliphatic carbocycles. The van der Waals surface area contributed by atoms with Crippen molar-refractivity contribution in [2.45, 2.75) is 32.2 Å². The third kappa shape index (κ3) is 4.82. The molecule has 0 aliphatic heterocycles. The van der Waals surface area contributed by atoms with Gasteiger partial charge in [-0.2, -0.15) is 5.10 Å². The molecule has 152 valence electrons. The van der Waals surface area contributed by atoms with Gasteiger partial charge in [0.2, 0.25) is 5.91 Å². The van der Waals surface area contributed by atoms with Gasteiger partial charge in [-0.25, -0.2) is 23.1 Å². The molecule has 29 heavy (non-hydrogen) atoms. The van der Waals surface area contributed by atoms with Gasteiger partial charge in [-0.05, 0) is 36.5 Å². The molecule has 0 bridgehead atoms. The van der Waals surface area contributed by atoms with E-state index in [1.165, 1.54) is 6.20 Å². The lowest BCUT2D eigenvalue weighted by Crippen LogP contribution is -2.13. The number of hydrogen-bond donors (Lipinski definition) is 1. The Balaban J connectivity index is 1.49. The second-order valence-electron chi connectivity index (χ2n) is 6.95. The molecule has 10 heteroatoms. The molecule has 0 radical (unpaired) electrons. The van der Waals surface area contributed by atoms with Gasteiger partial charge in [-0.1, -0.05) is 0 Å². The Kier molecular flexibility index (Phi) is 5.32. The second-order valence-corrected chi connectivity index (χ2v) is 6.95. The highest BCUT2D eigenvalue weighted by Gasteiger charge is 2.24. The lowest BCUT2D eigenvalue weighted by molar-refractivity contribution is -0.116. The highest BCUT2D eigenvalue weighted by Crippen LogP contribution is 2.32. The Labute approximate surface area is 163 Å². The quantitative estimate of drug-likeness (QED) is 0.621. The maximum Gasteiger partial charge on any atom is 0.272 e. The summed E-state index contributed by atoms with van der Waals surface area (Å²) in [5.74, 6) is -0.476. The molecule has 1 saturated carbocycles. The van der Waals surface area contributed by atoms with Crippen LogP contribution in [0.2, 0.25) is 0 Å². The van der Waals surface area contributed by atoms with Crippen molar-refractivity contribution >= 4 is 22.6 Å². The number of rotatable bonds is 8. The molecule has 7 nitrogen and oxygen atoms in total. The smallest absolute Gasteiger partial charge is 0.272 e. The largest absolute Gasteiger partial charge is 0.470 e. The summed E-state index contributed by atoms with van der Waals surface area (Å²) in [4.78, 5) is 20.1. The Morgan fingerprint density at radius 2 is 2.17 bits per heavy atom. The summed E-state index contributed by atoms with van der Waals surface area (Å²) in [7, 11) is 0. The van der Waals surface area contributed by atoms with Crippen LogP contribution in [0.15, 0.2) is 30.7 Å². The summed E-state index contributed by atoms with van der Waals surface area (Å²) in [5, 5.41) is 7.89. The third-order valence-electron chi connectivity index (χ3n) is 4.46. The van der Waals surface area contributed by atoms with E-state index in [0.717, 1.165) is 18.9 Å². The second kappa shape index (κ2) is 8.06. The lowest BCUT2D eigenvalue weighted by atomic mass is 10.2. The number of aromatic nitrogens is 4. The van der Waals surface area contributed by atoms with Gasteiger partial charge in [-0.3, -0.25) is 9.48 Å². The van der Waals surface area contributed by atoms with Crippen LogP contribution in [0.3, 0.4) is 0 Å². The molecule has 1 amide bonds. The van der Waals surface area contributed by atoms with Crippen molar-refractivity contribution in [3.05, 3.63) is 42.1 Å². The number of amides is 1. The molecule has 0 aromatic carbocycles. The van der Waals surface area contributed by atoms with Crippen LogP contribution in [0.5, 0.6) is 5.88 Å². The fourth-order valence-corrected chi connectivity index (χ4v) is 2.93. The van der Waals surface area contributed by atoms with E-state index in [0.29, 0.717) is 34.6 Å². The number of hydrogen-bond acceptors (Lipinski definition) is 5. The number of halogens is 3. The van der Waals surface area contributed by atoms with E-state index in [2.05, 4.69) is 25.1 Å². The topological polar surface area (TPSA) is 81.9 Å². The van der Waals surface area contributed by atoms with Crippen molar-refractivity contribution in [1.29, 1.82) is 0 Å². The summed E-state index contributed by atoms with van der Waals surface area (Å²) < 4.78 is 44.6. The van der Waals surface area contributed by atoms with Crippen molar-refractivity contribution in [3.8, 4) is 5.88 Å². The minimum absolute atomic E-state index is 0.0779. The van der Waals surface area contributed by atoms with Gasteiger partial charge < -0.3 is 10.1 Å². The standard InChI is InChI=1S/C19H18F3N5O2/c20-14-5-12(7-24-19(14)29-10-16(21)22)8-27-9-13-15(26-27)3-4-23-18(13)25-17(28)6-11-1-2-11/h3-5,7,9,11,16H,1-2,6,8,10H2,(H,23,25,28). The summed E-state index contributed by atoms with van der Waals surface area (Å²) >= 11 is 0. The first-order valence-electron chi connectivity index (χ1n) is 9.15. The van der Waals surface area contributed by atoms with Crippen LogP contribution in [-0.2, 0) is 11.3 Å². The van der Waals surface area contributed by atoms with Crippen molar-refractivity contribution in [2.24, 2.45) is 5.92 Å². The summed E-state index contributed by atoms with van der Waals surface area (Å²) in [5.41, 5.74) is 1.11. The van der Waals surface area contributed by atoms with E-state index in [1.807, 2.05) is 0 Å². The third-order valence-corrected chi connectivity index (χ3v) is 4.46. The maximum atomic E-state index is 14.0. The normalized spacial score (nSPS) is 13.8. The first-order valence-corrected chi connectivity index (χ1v) is 9.15. The van der Waals surface area contributed by atoms with Gasteiger partial charge in [0.25, 0.3) is 12.3 Å². The maximum absolute atomic E-state index is 14.0. The van der Waals surface area contributed by atoms with Gasteiger partial charge in [0, 0.05) is 25.0 Å². The summed E-state index contributed by atoms with van der Waals surface area (Å²) in [6.45, 7) is -0.723. The molecular weight excluding hydrogens is 387 g/mol. The zero-order chi connectivity index (χ0) is 20.4. The monoisotopic (exact) mass is 405 g/mol. The Hall–Kier alpha value is -3.17. The van der Waals surface area contributed by atoms with Gasteiger partial charge in [-0.15, -0.1) is 0 Å². The minimum atomic E-state index is -2.71. The van der Waals surface area contributed by atoms with E-state index in [9.17, 15) is 18.0 Å². The van der Waals surface area contributed by atoms with Crippen LogP contribution in [-0.4, -0.2) is 38.7 Å². The van der Waals surface area contributed by atoms with Crippen molar-refractivity contribution in [1.82, 2.24) is 19.7 Å². The predicted octanol–water partition coefficient (Wildman–Crippen LogP) is 3.40. The number of pyridine rings is 2. The first kappa shape index (κ1) is 19.2. The Morgan fingerprint density at radius 3 is 2.90 bits per heavy atom. The first-order chi connectivity index (χ1) is 14.0. The number of carbonyl (C=O) groups is 1. The highest BCUT2D eigenvalue weighted by molar-refractivity contribution is 5.99. The number of nitrogens with one attached hydrogen (secondary N) is 1. The van der Waals surface area contributed by atoms with Gasteiger partial charge >= 0.3 is 0 Å². The fourth-order valence-electron chi connectivity index (χ4n) is 2.93. The lowest BCUT2D eigenvalue weighted by Gasteiger charge is -2.07. The van der Waals surface area contributed by atoms with E-state index in [1.54, 1.807) is 23.1 Å². The van der Waals surface area contributed by atoms with Gasteiger partial charge in [0.05, 0.1) is 17.4 Å². The Bertz CT molecular complexity index is 1040. The molecule has 3 heterocycles. The van der Waals surface area contributed by atoms with E-state index >= 15 is 0 Å². The Morgan fingerprint density at radius 1 is 1.34 bits per heavy atom. The van der Waals surface area contributed by atoms with Crippen molar-refractivity contribution in [3.63, 3.8) is 0 Å². The molecule has 4 rings (SSSR count). The predicted molar refractivity (Wildman–Crippen MR) is 98.3 cm³/mol. The number of fused-ring (bicyclic) bond motifs is 1.